The lowest BCUT2D eigenvalue weighted by atomic mass is 9.97. The van der Waals surface area contributed by atoms with Crippen molar-refractivity contribution in [3.63, 3.8) is 0 Å². The number of aromatic nitrogens is 3. The number of hydrogen-bond acceptors (Lipinski definition) is 5. The lowest BCUT2D eigenvalue weighted by Gasteiger charge is -2.32. The second-order valence-corrected chi connectivity index (χ2v) is 7.45. The summed E-state index contributed by atoms with van der Waals surface area (Å²) in [6, 6.07) is 5.95. The van der Waals surface area contributed by atoms with Gasteiger partial charge in [0.1, 0.15) is 5.58 Å². The molecule has 1 N–H and O–H groups in total. The third-order valence-corrected chi connectivity index (χ3v) is 5.30. The van der Waals surface area contributed by atoms with Gasteiger partial charge in [-0.2, -0.15) is 0 Å². The zero-order valence-electron chi connectivity index (χ0n) is 15.9. The normalized spacial score (nSPS) is 17.2. The summed E-state index contributed by atoms with van der Waals surface area (Å²) in [5, 5.41) is 17.5. The van der Waals surface area contributed by atoms with E-state index in [0.29, 0.717) is 25.4 Å². The highest BCUT2D eigenvalue weighted by molar-refractivity contribution is 5.99. The number of hydrogen-bond donors (Lipinski definition) is 1. The van der Waals surface area contributed by atoms with E-state index in [1.165, 1.54) is 10.9 Å². The van der Waals surface area contributed by atoms with Gasteiger partial charge in [-0.3, -0.25) is 9.48 Å². The summed E-state index contributed by atoms with van der Waals surface area (Å²) in [5.74, 6) is -0.605. The maximum atomic E-state index is 13.1. The number of aromatic carboxylic acids is 1. The number of likely N-dealkylation sites (tertiary alicyclic amines) is 1. The first kappa shape index (κ1) is 18.2. The molecule has 1 aromatic carbocycles. The first-order valence-electron chi connectivity index (χ1n) is 9.35. The van der Waals surface area contributed by atoms with Crippen molar-refractivity contribution in [1.29, 1.82) is 0 Å². The highest BCUT2D eigenvalue weighted by Crippen LogP contribution is 2.28. The minimum absolute atomic E-state index is 0.0723. The van der Waals surface area contributed by atoms with E-state index in [0.717, 1.165) is 34.9 Å². The molecule has 1 fully saturated rings. The SMILES string of the molecule is Cc1ccc2c(C)c(C(=O)N3CCCC(Cn4cc(C(=O)O)nn4)C3)oc2c1. The molecule has 0 bridgehead atoms. The van der Waals surface area contributed by atoms with Crippen LogP contribution < -0.4 is 0 Å². The summed E-state index contributed by atoms with van der Waals surface area (Å²) >= 11 is 0. The van der Waals surface area contributed by atoms with E-state index >= 15 is 0 Å². The van der Waals surface area contributed by atoms with E-state index in [-0.39, 0.29) is 17.5 Å². The molecule has 0 saturated carbocycles. The van der Waals surface area contributed by atoms with Crippen LogP contribution in [0.15, 0.2) is 28.8 Å². The van der Waals surface area contributed by atoms with Crippen molar-refractivity contribution in [3.8, 4) is 0 Å². The van der Waals surface area contributed by atoms with E-state index in [4.69, 9.17) is 9.52 Å². The Bertz CT molecular complexity index is 1050. The number of carboxylic acids is 1. The summed E-state index contributed by atoms with van der Waals surface area (Å²) < 4.78 is 7.43. The number of benzene rings is 1. The Balaban J connectivity index is 1.50. The van der Waals surface area contributed by atoms with Gasteiger partial charge in [0.25, 0.3) is 5.91 Å². The summed E-state index contributed by atoms with van der Waals surface area (Å²) in [5.41, 5.74) is 2.62. The quantitative estimate of drug-likeness (QED) is 0.744. The molecule has 1 atom stereocenters. The molecule has 146 valence electrons. The zero-order valence-corrected chi connectivity index (χ0v) is 15.9. The van der Waals surface area contributed by atoms with Gasteiger partial charge in [0.05, 0.1) is 6.20 Å². The fourth-order valence-corrected chi connectivity index (χ4v) is 3.83. The van der Waals surface area contributed by atoms with Crippen LogP contribution in [0.2, 0.25) is 0 Å². The first-order valence-corrected chi connectivity index (χ1v) is 9.35. The Labute approximate surface area is 161 Å². The summed E-state index contributed by atoms with van der Waals surface area (Å²) in [6.07, 6.45) is 3.26. The van der Waals surface area contributed by atoms with Crippen LogP contribution in [0.5, 0.6) is 0 Å². The molecule has 3 heterocycles. The second kappa shape index (κ2) is 7.10. The number of carbonyl (C=O) groups excluding carboxylic acids is 1. The number of amides is 1. The number of aryl methyl sites for hydroxylation is 2. The summed E-state index contributed by atoms with van der Waals surface area (Å²) in [6.45, 7) is 5.70. The van der Waals surface area contributed by atoms with Gasteiger partial charge in [0, 0.05) is 30.6 Å². The van der Waals surface area contributed by atoms with Crippen LogP contribution in [0.4, 0.5) is 0 Å². The maximum Gasteiger partial charge on any atom is 0.358 e. The van der Waals surface area contributed by atoms with Gasteiger partial charge in [-0.05, 0) is 44.2 Å². The Morgan fingerprint density at radius 1 is 1.32 bits per heavy atom. The molecular formula is C20H22N4O4. The smallest absolute Gasteiger partial charge is 0.358 e. The molecule has 1 unspecified atom stereocenters. The summed E-state index contributed by atoms with van der Waals surface area (Å²) in [7, 11) is 0. The van der Waals surface area contributed by atoms with Gasteiger partial charge in [-0.15, -0.1) is 5.10 Å². The number of carboxylic acid groups (broad SMARTS) is 1. The highest BCUT2D eigenvalue weighted by Gasteiger charge is 2.28. The van der Waals surface area contributed by atoms with Crippen molar-refractivity contribution in [2.24, 2.45) is 5.92 Å². The standard InChI is InChI=1S/C20H22N4O4/c1-12-5-6-15-13(2)18(28-17(15)8-12)19(25)23-7-3-4-14(9-23)10-24-11-16(20(26)27)21-22-24/h5-6,8,11,14H,3-4,7,9-10H2,1-2H3,(H,26,27). The Hall–Kier alpha value is -3.16. The highest BCUT2D eigenvalue weighted by atomic mass is 16.4. The molecule has 4 rings (SSSR count). The van der Waals surface area contributed by atoms with Gasteiger partial charge in [-0.25, -0.2) is 4.79 Å². The van der Waals surface area contributed by atoms with E-state index in [1.807, 2.05) is 36.9 Å². The van der Waals surface area contributed by atoms with E-state index in [1.54, 1.807) is 0 Å². The predicted molar refractivity (Wildman–Crippen MR) is 101 cm³/mol. The van der Waals surface area contributed by atoms with Gasteiger partial charge >= 0.3 is 5.97 Å². The van der Waals surface area contributed by atoms with Crippen LogP contribution in [0.1, 0.15) is 45.0 Å². The maximum absolute atomic E-state index is 13.1. The fraction of sp³-hybridized carbons (Fsp3) is 0.400. The number of fused-ring (bicyclic) bond motifs is 1. The lowest BCUT2D eigenvalue weighted by molar-refractivity contribution is 0.0628. The molecule has 2 aromatic heterocycles. The Morgan fingerprint density at radius 2 is 2.14 bits per heavy atom. The Kier molecular flexibility index (Phi) is 4.62. The molecule has 1 saturated heterocycles. The van der Waals surface area contributed by atoms with E-state index < -0.39 is 5.97 Å². The largest absolute Gasteiger partial charge is 0.476 e. The van der Waals surface area contributed by atoms with Crippen LogP contribution in [-0.4, -0.2) is 50.0 Å². The van der Waals surface area contributed by atoms with Crippen molar-refractivity contribution in [1.82, 2.24) is 19.9 Å². The lowest BCUT2D eigenvalue weighted by Crippen LogP contribution is -2.41. The molecule has 28 heavy (non-hydrogen) atoms. The van der Waals surface area contributed by atoms with Crippen molar-refractivity contribution >= 4 is 22.8 Å². The number of piperidine rings is 1. The molecule has 1 aliphatic rings. The van der Waals surface area contributed by atoms with Gasteiger partial charge in [0.15, 0.2) is 11.5 Å². The molecule has 0 radical (unpaired) electrons. The van der Waals surface area contributed by atoms with E-state index in [2.05, 4.69) is 10.3 Å². The van der Waals surface area contributed by atoms with Crippen LogP contribution in [-0.2, 0) is 6.54 Å². The van der Waals surface area contributed by atoms with Gasteiger partial charge in [-0.1, -0.05) is 17.3 Å². The minimum Gasteiger partial charge on any atom is -0.476 e. The van der Waals surface area contributed by atoms with Crippen LogP contribution in [0.3, 0.4) is 0 Å². The van der Waals surface area contributed by atoms with Crippen molar-refractivity contribution in [2.75, 3.05) is 13.1 Å². The van der Waals surface area contributed by atoms with Crippen LogP contribution >= 0.6 is 0 Å². The molecular weight excluding hydrogens is 360 g/mol. The number of furan rings is 1. The number of rotatable bonds is 4. The molecule has 0 aliphatic carbocycles. The van der Waals surface area contributed by atoms with Crippen molar-refractivity contribution < 1.29 is 19.1 Å². The molecule has 1 amide bonds. The molecule has 8 heteroatoms. The monoisotopic (exact) mass is 382 g/mol. The topological polar surface area (TPSA) is 101 Å². The van der Waals surface area contributed by atoms with Crippen molar-refractivity contribution in [2.45, 2.75) is 33.2 Å². The predicted octanol–water partition coefficient (Wildman–Crippen LogP) is 2.89. The first-order chi connectivity index (χ1) is 13.4. The van der Waals surface area contributed by atoms with Crippen LogP contribution in [0, 0.1) is 19.8 Å². The molecule has 0 spiro atoms. The third-order valence-electron chi connectivity index (χ3n) is 5.30. The minimum atomic E-state index is -1.10. The molecule has 3 aromatic rings. The Morgan fingerprint density at radius 3 is 2.89 bits per heavy atom. The van der Waals surface area contributed by atoms with E-state index in [9.17, 15) is 9.59 Å². The summed E-state index contributed by atoms with van der Waals surface area (Å²) in [4.78, 5) is 25.9. The molecule has 1 aliphatic heterocycles. The average molecular weight is 382 g/mol. The third kappa shape index (κ3) is 3.37. The number of carbonyl (C=O) groups is 2. The van der Waals surface area contributed by atoms with Gasteiger partial charge < -0.3 is 14.4 Å². The average Bonchev–Trinajstić information content (AvgIpc) is 3.26. The molecule has 8 nitrogen and oxygen atoms in total. The zero-order chi connectivity index (χ0) is 19.8. The van der Waals surface area contributed by atoms with Crippen LogP contribution in [0.25, 0.3) is 11.0 Å². The van der Waals surface area contributed by atoms with Crippen molar-refractivity contribution in [3.05, 3.63) is 47.0 Å². The number of nitrogens with zero attached hydrogens (tertiary/aromatic N) is 4. The fourth-order valence-electron chi connectivity index (χ4n) is 3.83. The second-order valence-electron chi connectivity index (χ2n) is 7.45. The van der Waals surface area contributed by atoms with Gasteiger partial charge in [0.2, 0.25) is 0 Å².